The molecule has 1 amide bonds. The number of carboxylic acids is 1. The van der Waals surface area contributed by atoms with Crippen LogP contribution in [0.25, 0.3) is 0 Å². The van der Waals surface area contributed by atoms with Crippen molar-refractivity contribution >= 4 is 11.9 Å². The predicted octanol–water partition coefficient (Wildman–Crippen LogP) is 0.817. The summed E-state index contributed by atoms with van der Waals surface area (Å²) >= 11 is 0. The summed E-state index contributed by atoms with van der Waals surface area (Å²) in [5, 5.41) is 20.7. The molecule has 0 fully saturated rings. The number of hydrogen-bond donors (Lipinski definition) is 3. The quantitative estimate of drug-likeness (QED) is 0.642. The van der Waals surface area contributed by atoms with Gasteiger partial charge in [0.15, 0.2) is 5.60 Å². The Balaban J connectivity index is 2.77. The van der Waals surface area contributed by atoms with E-state index < -0.39 is 24.0 Å². The van der Waals surface area contributed by atoms with Gasteiger partial charge < -0.3 is 20.3 Å². The summed E-state index contributed by atoms with van der Waals surface area (Å²) in [5.41, 5.74) is -1.76. The molecule has 0 saturated carbocycles. The van der Waals surface area contributed by atoms with Gasteiger partial charge in [0.05, 0.1) is 12.1 Å². The van der Waals surface area contributed by atoms with Crippen molar-refractivity contribution in [3.8, 4) is 5.75 Å². The number of amides is 1. The number of rotatable bonds is 7. The third-order valence-corrected chi connectivity index (χ3v) is 2.54. The van der Waals surface area contributed by atoms with Crippen LogP contribution in [0.4, 0.5) is 0 Å². The van der Waals surface area contributed by atoms with Crippen molar-refractivity contribution in [2.75, 3.05) is 13.2 Å². The molecule has 6 nitrogen and oxygen atoms in total. The van der Waals surface area contributed by atoms with Gasteiger partial charge in [-0.3, -0.25) is 4.79 Å². The lowest BCUT2D eigenvalue weighted by atomic mass is 10.1. The van der Waals surface area contributed by atoms with Crippen LogP contribution < -0.4 is 10.1 Å². The highest BCUT2D eigenvalue weighted by Gasteiger charge is 2.30. The first-order valence-electron chi connectivity index (χ1n) is 5.95. The van der Waals surface area contributed by atoms with Crippen LogP contribution in [0.1, 0.15) is 17.3 Å². The molecule has 0 aromatic heterocycles. The first-order valence-corrected chi connectivity index (χ1v) is 5.95. The van der Waals surface area contributed by atoms with E-state index in [9.17, 15) is 14.7 Å². The van der Waals surface area contributed by atoms with Gasteiger partial charge in [-0.25, -0.2) is 4.79 Å². The largest absolute Gasteiger partial charge is 0.489 e. The SMILES string of the molecule is C=CCOc1ccccc1C(=O)NCC(C)(O)C(=O)O. The zero-order chi connectivity index (χ0) is 15.2. The fourth-order valence-corrected chi connectivity index (χ4v) is 1.35. The number of carboxylic acid groups (broad SMARTS) is 1. The highest BCUT2D eigenvalue weighted by molar-refractivity contribution is 5.97. The minimum atomic E-state index is -2.02. The van der Waals surface area contributed by atoms with Gasteiger partial charge in [0.25, 0.3) is 5.91 Å². The van der Waals surface area contributed by atoms with E-state index in [1.807, 2.05) is 0 Å². The van der Waals surface area contributed by atoms with Gasteiger partial charge in [0, 0.05) is 0 Å². The molecular weight excluding hydrogens is 262 g/mol. The molecule has 20 heavy (non-hydrogen) atoms. The maximum atomic E-state index is 12.0. The molecular formula is C14H17NO5. The summed E-state index contributed by atoms with van der Waals surface area (Å²) in [4.78, 5) is 22.7. The predicted molar refractivity (Wildman–Crippen MR) is 72.7 cm³/mol. The summed E-state index contributed by atoms with van der Waals surface area (Å²) in [6.07, 6.45) is 1.55. The lowest BCUT2D eigenvalue weighted by Gasteiger charge is -2.18. The second-order valence-electron chi connectivity index (χ2n) is 4.36. The molecule has 1 atom stereocenters. The van der Waals surface area contributed by atoms with Crippen molar-refractivity contribution in [1.29, 1.82) is 0 Å². The number of ether oxygens (including phenoxy) is 1. The van der Waals surface area contributed by atoms with Crippen molar-refractivity contribution in [2.45, 2.75) is 12.5 Å². The van der Waals surface area contributed by atoms with Gasteiger partial charge >= 0.3 is 5.97 Å². The fraction of sp³-hybridized carbons (Fsp3) is 0.286. The Morgan fingerprint density at radius 3 is 2.70 bits per heavy atom. The number of para-hydroxylation sites is 1. The molecule has 0 saturated heterocycles. The molecule has 0 spiro atoms. The van der Waals surface area contributed by atoms with Gasteiger partial charge in [-0.05, 0) is 19.1 Å². The lowest BCUT2D eigenvalue weighted by molar-refractivity contribution is -0.155. The van der Waals surface area contributed by atoms with Crippen LogP contribution in [-0.2, 0) is 4.79 Å². The van der Waals surface area contributed by atoms with Crippen molar-refractivity contribution in [3.05, 3.63) is 42.5 Å². The van der Waals surface area contributed by atoms with Crippen molar-refractivity contribution < 1.29 is 24.5 Å². The number of aliphatic carboxylic acids is 1. The molecule has 1 rings (SSSR count). The summed E-state index contributed by atoms with van der Waals surface area (Å²) in [7, 11) is 0. The molecule has 0 aliphatic carbocycles. The number of aliphatic hydroxyl groups is 1. The monoisotopic (exact) mass is 279 g/mol. The van der Waals surface area contributed by atoms with Crippen molar-refractivity contribution in [2.24, 2.45) is 0 Å². The molecule has 1 aromatic rings. The Morgan fingerprint density at radius 1 is 1.45 bits per heavy atom. The Labute approximate surface area is 116 Å². The molecule has 0 aliphatic rings. The molecule has 3 N–H and O–H groups in total. The Kier molecular flexibility index (Phi) is 5.28. The van der Waals surface area contributed by atoms with E-state index in [4.69, 9.17) is 9.84 Å². The maximum Gasteiger partial charge on any atom is 0.337 e. The minimum absolute atomic E-state index is 0.247. The molecule has 1 aromatic carbocycles. The standard InChI is InChI=1S/C14H17NO5/c1-3-8-20-11-7-5-4-6-10(11)12(16)15-9-14(2,19)13(17)18/h3-7,19H,1,8-9H2,2H3,(H,15,16)(H,17,18). The van der Waals surface area contributed by atoms with Gasteiger partial charge in [-0.15, -0.1) is 0 Å². The zero-order valence-corrected chi connectivity index (χ0v) is 11.1. The molecule has 0 heterocycles. The van der Waals surface area contributed by atoms with E-state index in [0.717, 1.165) is 6.92 Å². The first kappa shape index (κ1) is 15.7. The topological polar surface area (TPSA) is 95.9 Å². The van der Waals surface area contributed by atoms with E-state index >= 15 is 0 Å². The maximum absolute atomic E-state index is 12.0. The first-order chi connectivity index (χ1) is 9.38. The lowest BCUT2D eigenvalue weighted by Crippen LogP contribution is -2.46. The molecule has 6 heteroatoms. The third kappa shape index (κ3) is 4.10. The van der Waals surface area contributed by atoms with E-state index in [1.54, 1.807) is 30.3 Å². The average molecular weight is 279 g/mol. The number of carbonyl (C=O) groups is 2. The second kappa shape index (κ2) is 6.72. The molecule has 1 unspecified atom stereocenters. The number of nitrogens with one attached hydrogen (secondary N) is 1. The second-order valence-corrected chi connectivity index (χ2v) is 4.36. The van der Waals surface area contributed by atoms with Crippen LogP contribution in [-0.4, -0.2) is 40.8 Å². The summed E-state index contributed by atoms with van der Waals surface area (Å²) < 4.78 is 5.33. The average Bonchev–Trinajstić information content (AvgIpc) is 2.42. The van der Waals surface area contributed by atoms with Crippen LogP contribution in [0.5, 0.6) is 5.75 Å². The Morgan fingerprint density at radius 2 is 2.10 bits per heavy atom. The summed E-state index contributed by atoms with van der Waals surface area (Å²) in [6.45, 7) is 4.46. The Bertz CT molecular complexity index is 510. The smallest absolute Gasteiger partial charge is 0.337 e. The van der Waals surface area contributed by atoms with Crippen molar-refractivity contribution in [3.63, 3.8) is 0 Å². The van der Waals surface area contributed by atoms with Gasteiger partial charge in [-0.2, -0.15) is 0 Å². The molecule has 0 radical (unpaired) electrons. The summed E-state index contributed by atoms with van der Waals surface area (Å²) in [5.74, 6) is -1.57. The number of carbonyl (C=O) groups excluding carboxylic acids is 1. The van der Waals surface area contributed by atoms with Crippen LogP contribution in [0.2, 0.25) is 0 Å². The van der Waals surface area contributed by atoms with Crippen LogP contribution in [0.15, 0.2) is 36.9 Å². The van der Waals surface area contributed by atoms with Gasteiger partial charge in [0.2, 0.25) is 0 Å². The summed E-state index contributed by atoms with van der Waals surface area (Å²) in [6, 6.07) is 6.53. The molecule has 0 aliphatic heterocycles. The number of benzene rings is 1. The van der Waals surface area contributed by atoms with Crippen molar-refractivity contribution in [1.82, 2.24) is 5.32 Å². The molecule has 108 valence electrons. The number of hydrogen-bond acceptors (Lipinski definition) is 4. The Hall–Kier alpha value is -2.34. The van der Waals surface area contributed by atoms with Gasteiger partial charge in [-0.1, -0.05) is 24.8 Å². The third-order valence-electron chi connectivity index (χ3n) is 2.54. The van der Waals surface area contributed by atoms with E-state index in [1.165, 1.54) is 0 Å². The highest BCUT2D eigenvalue weighted by Crippen LogP contribution is 2.18. The van der Waals surface area contributed by atoms with Gasteiger partial charge in [0.1, 0.15) is 12.4 Å². The highest BCUT2D eigenvalue weighted by atomic mass is 16.5. The van der Waals surface area contributed by atoms with Crippen LogP contribution >= 0.6 is 0 Å². The van der Waals surface area contributed by atoms with E-state index in [0.29, 0.717) is 5.75 Å². The molecule has 0 bridgehead atoms. The van der Waals surface area contributed by atoms with Crippen LogP contribution in [0.3, 0.4) is 0 Å². The minimum Gasteiger partial charge on any atom is -0.489 e. The van der Waals surface area contributed by atoms with E-state index in [-0.39, 0.29) is 12.2 Å². The van der Waals surface area contributed by atoms with Crippen LogP contribution in [0, 0.1) is 0 Å². The fourth-order valence-electron chi connectivity index (χ4n) is 1.35. The normalized spacial score (nSPS) is 13.1. The zero-order valence-electron chi connectivity index (χ0n) is 11.1. The van der Waals surface area contributed by atoms with E-state index in [2.05, 4.69) is 11.9 Å².